The molecule has 2 aromatic rings. The topological polar surface area (TPSA) is 103 Å². The Bertz CT molecular complexity index is 622. The van der Waals surface area contributed by atoms with Gasteiger partial charge in [-0.15, -0.1) is 10.2 Å². The zero-order valence-electron chi connectivity index (χ0n) is 11.9. The molecule has 0 aliphatic rings. The first-order valence-corrected chi connectivity index (χ1v) is 8.26. The van der Waals surface area contributed by atoms with Gasteiger partial charge in [0.1, 0.15) is 0 Å². The molecular formula is C12H15N5O3S2. The van der Waals surface area contributed by atoms with Gasteiger partial charge in [0.25, 0.3) is 0 Å². The summed E-state index contributed by atoms with van der Waals surface area (Å²) >= 11 is 2.48. The van der Waals surface area contributed by atoms with Gasteiger partial charge in [-0.1, -0.05) is 11.3 Å². The van der Waals surface area contributed by atoms with E-state index in [0.717, 1.165) is 24.7 Å². The highest BCUT2D eigenvalue weighted by atomic mass is 32.2. The molecule has 0 saturated heterocycles. The van der Waals surface area contributed by atoms with Crippen molar-refractivity contribution in [2.24, 2.45) is 0 Å². The molecule has 0 aliphatic heterocycles. The van der Waals surface area contributed by atoms with Gasteiger partial charge in [-0.2, -0.15) is 0 Å². The van der Waals surface area contributed by atoms with Crippen LogP contribution in [0.5, 0.6) is 0 Å². The highest BCUT2D eigenvalue weighted by Gasteiger charge is 2.17. The number of ether oxygens (including phenoxy) is 1. The summed E-state index contributed by atoms with van der Waals surface area (Å²) in [6.07, 6.45) is 2.39. The lowest BCUT2D eigenvalue weighted by atomic mass is 10.4. The Morgan fingerprint density at radius 3 is 3.14 bits per heavy atom. The first-order valence-electron chi connectivity index (χ1n) is 6.63. The maximum atomic E-state index is 10.9. The van der Waals surface area contributed by atoms with Crippen LogP contribution in [0.15, 0.2) is 27.7 Å². The standard InChI is InChI=1S/C12H15N5O3S2/c1-2-20-8-4-7-14-11-15-16-12(22-11)21-10-9(17(18)19)5-3-6-13-10/h3,5-6H,2,4,7-8H2,1H3,(H,14,15). The number of hydrogen-bond acceptors (Lipinski definition) is 9. The Hall–Kier alpha value is -1.78. The van der Waals surface area contributed by atoms with E-state index >= 15 is 0 Å². The van der Waals surface area contributed by atoms with E-state index in [4.69, 9.17) is 4.74 Å². The molecule has 8 nitrogen and oxygen atoms in total. The lowest BCUT2D eigenvalue weighted by Gasteiger charge is -2.01. The van der Waals surface area contributed by atoms with Crippen molar-refractivity contribution in [3.05, 3.63) is 28.4 Å². The molecule has 0 aliphatic carbocycles. The second-order valence-electron chi connectivity index (χ2n) is 4.04. The van der Waals surface area contributed by atoms with Crippen molar-refractivity contribution in [3.63, 3.8) is 0 Å². The summed E-state index contributed by atoms with van der Waals surface area (Å²) in [4.78, 5) is 14.5. The summed E-state index contributed by atoms with van der Waals surface area (Å²) in [5.74, 6) is 0. The Morgan fingerprint density at radius 2 is 2.36 bits per heavy atom. The maximum absolute atomic E-state index is 10.9. The number of nitrogens with one attached hydrogen (secondary N) is 1. The maximum Gasteiger partial charge on any atom is 0.301 e. The van der Waals surface area contributed by atoms with E-state index < -0.39 is 4.92 Å². The molecule has 0 amide bonds. The lowest BCUT2D eigenvalue weighted by molar-refractivity contribution is -0.388. The quantitative estimate of drug-likeness (QED) is 0.422. The van der Waals surface area contributed by atoms with Crippen molar-refractivity contribution >= 4 is 33.9 Å². The van der Waals surface area contributed by atoms with Gasteiger partial charge < -0.3 is 10.1 Å². The summed E-state index contributed by atoms with van der Waals surface area (Å²) in [6, 6.07) is 2.96. The minimum absolute atomic E-state index is 0.0334. The normalized spacial score (nSPS) is 10.6. The molecular weight excluding hydrogens is 326 g/mol. The number of aromatic nitrogens is 3. The van der Waals surface area contributed by atoms with Crippen molar-refractivity contribution in [2.75, 3.05) is 25.1 Å². The summed E-state index contributed by atoms with van der Waals surface area (Å²) in [5, 5.41) is 23.1. The molecule has 10 heteroatoms. The first kappa shape index (κ1) is 16.6. The average molecular weight is 341 g/mol. The second kappa shape index (κ2) is 8.61. The smallest absolute Gasteiger partial charge is 0.301 e. The summed E-state index contributed by atoms with van der Waals surface area (Å²) in [6.45, 7) is 4.11. The fourth-order valence-electron chi connectivity index (χ4n) is 1.52. The number of rotatable bonds is 9. The van der Waals surface area contributed by atoms with E-state index in [2.05, 4.69) is 20.5 Å². The van der Waals surface area contributed by atoms with Crippen LogP contribution in [0.3, 0.4) is 0 Å². The molecule has 0 unspecified atom stereocenters. The third-order valence-corrected chi connectivity index (χ3v) is 4.42. The van der Waals surface area contributed by atoms with Gasteiger partial charge in [-0.05, 0) is 31.2 Å². The van der Waals surface area contributed by atoms with Gasteiger partial charge >= 0.3 is 5.69 Å². The van der Waals surface area contributed by atoms with Crippen molar-refractivity contribution in [1.29, 1.82) is 0 Å². The van der Waals surface area contributed by atoms with Crippen molar-refractivity contribution in [1.82, 2.24) is 15.2 Å². The number of anilines is 1. The van der Waals surface area contributed by atoms with Crippen LogP contribution in [-0.2, 0) is 4.74 Å². The zero-order valence-corrected chi connectivity index (χ0v) is 13.5. The number of nitro groups is 1. The molecule has 0 atom stereocenters. The van der Waals surface area contributed by atoms with Crippen LogP contribution in [0.1, 0.15) is 13.3 Å². The Labute approximate surface area is 135 Å². The van der Waals surface area contributed by atoms with Crippen LogP contribution in [-0.4, -0.2) is 39.9 Å². The molecule has 22 heavy (non-hydrogen) atoms. The number of hydrogen-bond donors (Lipinski definition) is 1. The largest absolute Gasteiger partial charge is 0.382 e. The molecule has 2 rings (SSSR count). The van der Waals surface area contributed by atoms with Crippen LogP contribution in [0.25, 0.3) is 0 Å². The minimum atomic E-state index is -0.455. The van der Waals surface area contributed by atoms with E-state index in [0.29, 0.717) is 27.7 Å². The van der Waals surface area contributed by atoms with Crippen LogP contribution >= 0.6 is 23.1 Å². The molecule has 0 radical (unpaired) electrons. The van der Waals surface area contributed by atoms with Gasteiger partial charge in [-0.25, -0.2) is 4.98 Å². The molecule has 0 aromatic carbocycles. The molecule has 2 heterocycles. The second-order valence-corrected chi connectivity index (χ2v) is 6.25. The Balaban J connectivity index is 1.91. The van der Waals surface area contributed by atoms with Crippen LogP contribution in [0.4, 0.5) is 10.8 Å². The van der Waals surface area contributed by atoms with Crippen LogP contribution in [0, 0.1) is 10.1 Å². The monoisotopic (exact) mass is 341 g/mol. The highest BCUT2D eigenvalue weighted by molar-refractivity contribution is 8.01. The van der Waals surface area contributed by atoms with Gasteiger partial charge in [0.2, 0.25) is 5.13 Å². The van der Waals surface area contributed by atoms with E-state index in [-0.39, 0.29) is 5.69 Å². The van der Waals surface area contributed by atoms with E-state index in [1.165, 1.54) is 29.7 Å². The van der Waals surface area contributed by atoms with E-state index in [9.17, 15) is 10.1 Å². The van der Waals surface area contributed by atoms with Crippen molar-refractivity contribution < 1.29 is 9.66 Å². The summed E-state index contributed by atoms with van der Waals surface area (Å²) in [5.41, 5.74) is -0.0334. The highest BCUT2D eigenvalue weighted by Crippen LogP contribution is 2.35. The van der Waals surface area contributed by atoms with E-state index in [1.54, 1.807) is 0 Å². The molecule has 0 saturated carbocycles. The van der Waals surface area contributed by atoms with Crippen molar-refractivity contribution in [3.8, 4) is 0 Å². The Morgan fingerprint density at radius 1 is 1.50 bits per heavy atom. The summed E-state index contributed by atoms with van der Waals surface area (Å²) in [7, 11) is 0. The van der Waals surface area contributed by atoms with Gasteiger partial charge in [0.15, 0.2) is 9.37 Å². The molecule has 118 valence electrons. The molecule has 1 N–H and O–H groups in total. The van der Waals surface area contributed by atoms with E-state index in [1.807, 2.05) is 6.92 Å². The predicted octanol–water partition coefficient (Wildman–Crippen LogP) is 2.83. The lowest BCUT2D eigenvalue weighted by Crippen LogP contribution is -2.05. The number of nitrogens with zero attached hydrogens (tertiary/aromatic N) is 4. The van der Waals surface area contributed by atoms with Gasteiger partial charge in [0, 0.05) is 32.0 Å². The third-order valence-electron chi connectivity index (χ3n) is 2.48. The first-order chi connectivity index (χ1) is 10.7. The Kier molecular flexibility index (Phi) is 6.49. The van der Waals surface area contributed by atoms with Gasteiger partial charge in [0.05, 0.1) is 4.92 Å². The van der Waals surface area contributed by atoms with Crippen LogP contribution < -0.4 is 5.32 Å². The predicted molar refractivity (Wildman–Crippen MR) is 84.5 cm³/mol. The van der Waals surface area contributed by atoms with Crippen molar-refractivity contribution in [2.45, 2.75) is 22.7 Å². The third kappa shape index (κ3) is 4.90. The van der Waals surface area contributed by atoms with Gasteiger partial charge in [-0.3, -0.25) is 10.1 Å². The molecule has 0 spiro atoms. The summed E-state index contributed by atoms with van der Waals surface area (Å²) < 4.78 is 5.85. The molecule has 0 fully saturated rings. The fourth-order valence-corrected chi connectivity index (χ4v) is 3.27. The fraction of sp³-hybridized carbons (Fsp3) is 0.417. The number of pyridine rings is 1. The van der Waals surface area contributed by atoms with Crippen LogP contribution in [0.2, 0.25) is 0 Å². The molecule has 2 aromatic heterocycles. The average Bonchev–Trinajstić information content (AvgIpc) is 2.95. The molecule has 0 bridgehead atoms. The minimum Gasteiger partial charge on any atom is -0.382 e. The SMILES string of the molecule is CCOCCCNc1nnc(Sc2ncccc2[N+](=O)[O-])s1. The zero-order chi connectivity index (χ0) is 15.8.